The fourth-order valence-corrected chi connectivity index (χ4v) is 3.47. The number of rotatable bonds is 4. The van der Waals surface area contributed by atoms with Gasteiger partial charge in [-0.2, -0.15) is 0 Å². The maximum Gasteiger partial charge on any atom is 0.337 e. The molecule has 0 unspecified atom stereocenters. The molecule has 2 atom stereocenters. The zero-order valence-electron chi connectivity index (χ0n) is 16.4. The molecular weight excluding hydrogens is 414 g/mol. The first-order valence-electron chi connectivity index (χ1n) is 8.90. The van der Waals surface area contributed by atoms with Crippen LogP contribution in [-0.2, 0) is 4.79 Å². The number of pyridine rings is 1. The van der Waals surface area contributed by atoms with Gasteiger partial charge in [-0.15, -0.1) is 0 Å². The lowest BCUT2D eigenvalue weighted by Crippen LogP contribution is -2.38. The first-order valence-corrected chi connectivity index (χ1v) is 9.28. The predicted octanol–water partition coefficient (Wildman–Crippen LogP) is 1.55. The molecule has 1 aliphatic rings. The number of carboxylic acid groups (broad SMARTS) is 2. The second-order valence-electron chi connectivity index (χ2n) is 6.85. The van der Waals surface area contributed by atoms with Crippen molar-refractivity contribution in [2.75, 3.05) is 27.2 Å². The maximum absolute atomic E-state index is 12.8. The van der Waals surface area contributed by atoms with Gasteiger partial charge in [0.15, 0.2) is 0 Å². The van der Waals surface area contributed by atoms with E-state index < -0.39 is 12.1 Å². The van der Waals surface area contributed by atoms with E-state index in [-0.39, 0.29) is 35.6 Å². The summed E-state index contributed by atoms with van der Waals surface area (Å²) in [6.45, 7) is 0.474. The van der Waals surface area contributed by atoms with Crippen LogP contribution in [0.2, 0.25) is 5.02 Å². The standard InChI is InChI=1S/C19H20ClN3O4.CH2O2/c1-22(2)15-9-23(10-16(15)24)18(25)12-5-3-4-11(6-12)17-14(20)7-13(8-21-17)19(26)27;2-1-3/h3-8,15-16,24H,9-10H2,1-2H3,(H,26,27);1H,(H,2,3)/t15-,16-;/m0./s1. The monoisotopic (exact) mass is 435 g/mol. The normalized spacial score (nSPS) is 18.0. The molecule has 0 spiro atoms. The van der Waals surface area contributed by atoms with Crippen LogP contribution in [0, 0.1) is 0 Å². The molecule has 30 heavy (non-hydrogen) atoms. The van der Waals surface area contributed by atoms with Gasteiger partial charge in [-0.05, 0) is 32.3 Å². The Morgan fingerprint density at radius 2 is 1.90 bits per heavy atom. The summed E-state index contributed by atoms with van der Waals surface area (Å²) in [5.74, 6) is -1.29. The third-order valence-electron chi connectivity index (χ3n) is 4.68. The summed E-state index contributed by atoms with van der Waals surface area (Å²) < 4.78 is 0. The number of nitrogens with zero attached hydrogens (tertiary/aromatic N) is 3. The molecule has 1 aliphatic heterocycles. The van der Waals surface area contributed by atoms with Gasteiger partial charge in [-0.1, -0.05) is 23.7 Å². The molecule has 1 aromatic carbocycles. The van der Waals surface area contributed by atoms with Crippen LogP contribution in [0.3, 0.4) is 0 Å². The van der Waals surface area contributed by atoms with Crippen molar-refractivity contribution in [1.82, 2.24) is 14.8 Å². The number of halogens is 1. The summed E-state index contributed by atoms with van der Waals surface area (Å²) >= 11 is 6.18. The number of hydrogen-bond acceptors (Lipinski definition) is 6. The van der Waals surface area contributed by atoms with E-state index in [1.165, 1.54) is 12.3 Å². The van der Waals surface area contributed by atoms with E-state index >= 15 is 0 Å². The summed E-state index contributed by atoms with van der Waals surface area (Å²) in [6, 6.07) is 8.08. The molecule has 160 valence electrons. The lowest BCUT2D eigenvalue weighted by atomic mass is 10.1. The fraction of sp³-hybridized carbons (Fsp3) is 0.300. The van der Waals surface area contributed by atoms with E-state index in [2.05, 4.69) is 4.98 Å². The number of aromatic nitrogens is 1. The fourth-order valence-electron chi connectivity index (χ4n) is 3.19. The number of aliphatic hydroxyl groups excluding tert-OH is 1. The first-order chi connectivity index (χ1) is 14.2. The minimum Gasteiger partial charge on any atom is -0.483 e. The summed E-state index contributed by atoms with van der Waals surface area (Å²) in [6.07, 6.45) is 0.642. The largest absolute Gasteiger partial charge is 0.483 e. The molecule has 3 rings (SSSR count). The highest BCUT2D eigenvalue weighted by molar-refractivity contribution is 6.33. The molecule has 0 saturated carbocycles. The molecule has 1 aromatic heterocycles. The van der Waals surface area contributed by atoms with Crippen LogP contribution in [-0.4, -0.2) is 87.8 Å². The van der Waals surface area contributed by atoms with Gasteiger partial charge in [0.1, 0.15) is 0 Å². The predicted molar refractivity (Wildman–Crippen MR) is 110 cm³/mol. The van der Waals surface area contributed by atoms with Crippen molar-refractivity contribution in [2.45, 2.75) is 12.1 Å². The number of aromatic carboxylic acids is 1. The van der Waals surface area contributed by atoms with E-state index in [9.17, 15) is 14.7 Å². The van der Waals surface area contributed by atoms with Gasteiger partial charge in [0.2, 0.25) is 0 Å². The number of carboxylic acids is 1. The van der Waals surface area contributed by atoms with Gasteiger partial charge in [-0.3, -0.25) is 14.6 Å². The Kier molecular flexibility index (Phi) is 7.87. The third kappa shape index (κ3) is 5.32. The molecule has 1 fully saturated rings. The van der Waals surface area contributed by atoms with E-state index in [1.807, 2.05) is 19.0 Å². The van der Waals surface area contributed by atoms with Crippen molar-refractivity contribution in [3.63, 3.8) is 0 Å². The average Bonchev–Trinajstić information content (AvgIpc) is 3.10. The Morgan fingerprint density at radius 1 is 1.23 bits per heavy atom. The highest BCUT2D eigenvalue weighted by Crippen LogP contribution is 2.28. The lowest BCUT2D eigenvalue weighted by Gasteiger charge is -2.21. The van der Waals surface area contributed by atoms with Crippen molar-refractivity contribution in [1.29, 1.82) is 0 Å². The number of carbonyl (C=O) groups is 3. The van der Waals surface area contributed by atoms with Gasteiger partial charge in [0, 0.05) is 30.4 Å². The van der Waals surface area contributed by atoms with Crippen molar-refractivity contribution in [3.8, 4) is 11.3 Å². The van der Waals surface area contributed by atoms with Gasteiger partial charge in [-0.25, -0.2) is 4.79 Å². The molecule has 2 aromatic rings. The van der Waals surface area contributed by atoms with Gasteiger partial charge < -0.3 is 25.1 Å². The highest BCUT2D eigenvalue weighted by Gasteiger charge is 2.35. The van der Waals surface area contributed by atoms with Crippen LogP contribution < -0.4 is 0 Å². The third-order valence-corrected chi connectivity index (χ3v) is 4.97. The van der Waals surface area contributed by atoms with Crippen LogP contribution in [0.5, 0.6) is 0 Å². The molecule has 2 heterocycles. The zero-order valence-corrected chi connectivity index (χ0v) is 17.2. The van der Waals surface area contributed by atoms with Crippen LogP contribution >= 0.6 is 11.6 Å². The number of likely N-dealkylation sites (N-methyl/N-ethyl adjacent to an activating group) is 1. The Hall–Kier alpha value is -3.01. The van der Waals surface area contributed by atoms with E-state index in [1.54, 1.807) is 29.2 Å². The van der Waals surface area contributed by atoms with Crippen LogP contribution in [0.15, 0.2) is 36.5 Å². The second kappa shape index (κ2) is 10.1. The summed E-state index contributed by atoms with van der Waals surface area (Å²) in [5.41, 5.74) is 1.48. The Morgan fingerprint density at radius 3 is 2.43 bits per heavy atom. The number of likely N-dealkylation sites (tertiary alicyclic amines) is 1. The van der Waals surface area contributed by atoms with E-state index in [0.717, 1.165) is 0 Å². The van der Waals surface area contributed by atoms with Crippen molar-refractivity contribution < 1.29 is 29.7 Å². The Bertz CT molecular complexity index is 937. The van der Waals surface area contributed by atoms with Crippen LogP contribution in [0.25, 0.3) is 11.3 Å². The number of hydrogen-bond donors (Lipinski definition) is 3. The summed E-state index contributed by atoms with van der Waals surface area (Å²) in [4.78, 5) is 39.9. The van der Waals surface area contributed by atoms with Crippen molar-refractivity contribution >= 4 is 29.9 Å². The van der Waals surface area contributed by atoms with Crippen molar-refractivity contribution in [2.24, 2.45) is 0 Å². The van der Waals surface area contributed by atoms with Gasteiger partial charge >= 0.3 is 5.97 Å². The number of amides is 1. The molecule has 10 heteroatoms. The molecule has 0 aliphatic carbocycles. The van der Waals surface area contributed by atoms with Gasteiger partial charge in [0.05, 0.1) is 28.4 Å². The van der Waals surface area contributed by atoms with Crippen LogP contribution in [0.1, 0.15) is 20.7 Å². The number of β-amino-alcohol motifs (C(OH)–C–C–N with tert-alkyl or cyclic N) is 1. The minimum atomic E-state index is -1.11. The van der Waals surface area contributed by atoms with Crippen LogP contribution in [0.4, 0.5) is 0 Å². The second-order valence-corrected chi connectivity index (χ2v) is 7.26. The lowest BCUT2D eigenvalue weighted by molar-refractivity contribution is -0.122. The van der Waals surface area contributed by atoms with E-state index in [0.29, 0.717) is 23.4 Å². The topological polar surface area (TPSA) is 131 Å². The molecule has 0 bridgehead atoms. The SMILES string of the molecule is CN(C)[C@H]1CN(C(=O)c2cccc(-c3ncc(C(=O)O)cc3Cl)c2)C[C@@H]1O.O=CO. The first kappa shape index (κ1) is 23.3. The Labute approximate surface area is 178 Å². The van der Waals surface area contributed by atoms with Gasteiger partial charge in [0.25, 0.3) is 12.4 Å². The summed E-state index contributed by atoms with van der Waals surface area (Å²) in [7, 11) is 3.74. The smallest absolute Gasteiger partial charge is 0.337 e. The molecule has 1 amide bonds. The Balaban J connectivity index is 0.00000101. The minimum absolute atomic E-state index is 0.00300. The maximum atomic E-state index is 12.8. The quantitative estimate of drug-likeness (QED) is 0.616. The zero-order chi connectivity index (χ0) is 22.4. The average molecular weight is 436 g/mol. The number of benzene rings is 1. The molecular formula is C20H22ClN3O6. The van der Waals surface area contributed by atoms with E-state index in [4.69, 9.17) is 26.6 Å². The number of carbonyl (C=O) groups excluding carboxylic acids is 1. The highest BCUT2D eigenvalue weighted by atomic mass is 35.5. The molecule has 1 saturated heterocycles. The number of aliphatic hydroxyl groups is 1. The molecule has 3 N–H and O–H groups in total. The summed E-state index contributed by atoms with van der Waals surface area (Å²) in [5, 5.41) is 26.3. The molecule has 0 radical (unpaired) electrons. The molecule has 9 nitrogen and oxygen atoms in total. The van der Waals surface area contributed by atoms with Crippen molar-refractivity contribution in [3.05, 3.63) is 52.7 Å².